The van der Waals surface area contributed by atoms with Gasteiger partial charge in [-0.3, -0.25) is 0 Å². The van der Waals surface area contributed by atoms with Crippen LogP contribution in [0.3, 0.4) is 0 Å². The van der Waals surface area contributed by atoms with E-state index in [-0.39, 0.29) is 5.60 Å². The van der Waals surface area contributed by atoms with Crippen molar-refractivity contribution in [1.82, 2.24) is 0 Å². The summed E-state index contributed by atoms with van der Waals surface area (Å²) in [4.78, 5) is 0. The van der Waals surface area contributed by atoms with Crippen molar-refractivity contribution in [3.63, 3.8) is 0 Å². The van der Waals surface area contributed by atoms with E-state index in [4.69, 9.17) is 21.1 Å². The van der Waals surface area contributed by atoms with Gasteiger partial charge in [0.2, 0.25) is 0 Å². The van der Waals surface area contributed by atoms with Crippen LogP contribution in [0.4, 0.5) is 0 Å². The summed E-state index contributed by atoms with van der Waals surface area (Å²) in [6.45, 7) is 2.51. The summed E-state index contributed by atoms with van der Waals surface area (Å²) in [5.41, 5.74) is 0.751. The molecule has 0 saturated carbocycles. The standard InChI is InChI=1S/C12H16BrClO2/c1-12(8-13,9-14)16-7-10-4-3-5-11(6-10)15-2/h3-6H,7-9H2,1-2H3. The van der Waals surface area contributed by atoms with Gasteiger partial charge in [0.05, 0.1) is 25.2 Å². The van der Waals surface area contributed by atoms with Gasteiger partial charge < -0.3 is 9.47 Å². The van der Waals surface area contributed by atoms with E-state index in [1.807, 2.05) is 31.2 Å². The highest BCUT2D eigenvalue weighted by molar-refractivity contribution is 9.09. The zero-order valence-electron chi connectivity index (χ0n) is 9.50. The van der Waals surface area contributed by atoms with Crippen LogP contribution in [-0.2, 0) is 11.3 Å². The predicted molar refractivity (Wildman–Crippen MR) is 70.7 cm³/mol. The van der Waals surface area contributed by atoms with Crippen molar-refractivity contribution in [2.24, 2.45) is 0 Å². The van der Waals surface area contributed by atoms with E-state index < -0.39 is 0 Å². The largest absolute Gasteiger partial charge is 0.497 e. The summed E-state index contributed by atoms with van der Waals surface area (Å²) in [6, 6.07) is 7.83. The average Bonchev–Trinajstić information content (AvgIpc) is 2.36. The van der Waals surface area contributed by atoms with E-state index in [0.717, 1.165) is 11.3 Å². The van der Waals surface area contributed by atoms with E-state index in [2.05, 4.69) is 15.9 Å². The van der Waals surface area contributed by atoms with E-state index >= 15 is 0 Å². The number of rotatable bonds is 6. The first-order valence-corrected chi connectivity index (χ1v) is 6.68. The molecule has 0 aliphatic heterocycles. The molecule has 0 aliphatic rings. The van der Waals surface area contributed by atoms with Crippen molar-refractivity contribution in [1.29, 1.82) is 0 Å². The lowest BCUT2D eigenvalue weighted by Crippen LogP contribution is -2.32. The van der Waals surface area contributed by atoms with Crippen molar-refractivity contribution in [2.45, 2.75) is 19.1 Å². The zero-order valence-corrected chi connectivity index (χ0v) is 11.8. The van der Waals surface area contributed by atoms with Crippen LogP contribution < -0.4 is 4.74 Å². The highest BCUT2D eigenvalue weighted by Crippen LogP contribution is 2.20. The molecule has 4 heteroatoms. The maximum absolute atomic E-state index is 5.85. The Hall–Kier alpha value is -0.250. The molecule has 1 rings (SSSR count). The molecule has 0 heterocycles. The van der Waals surface area contributed by atoms with Gasteiger partial charge in [-0.05, 0) is 24.6 Å². The Bertz CT molecular complexity index is 327. The van der Waals surface area contributed by atoms with E-state index in [9.17, 15) is 0 Å². The molecule has 0 spiro atoms. The molecule has 0 bridgehead atoms. The van der Waals surface area contributed by atoms with Crippen LogP contribution in [0, 0.1) is 0 Å². The molecular formula is C12H16BrClO2. The molecule has 0 aromatic heterocycles. The molecule has 1 aromatic carbocycles. The fourth-order valence-corrected chi connectivity index (χ4v) is 1.89. The Labute approximate surface area is 110 Å². The molecular weight excluding hydrogens is 291 g/mol. The Morgan fingerprint density at radius 2 is 2.19 bits per heavy atom. The predicted octanol–water partition coefficient (Wildman–Crippen LogP) is 3.60. The van der Waals surface area contributed by atoms with Crippen LogP contribution in [0.1, 0.15) is 12.5 Å². The van der Waals surface area contributed by atoms with Crippen molar-refractivity contribution >= 4 is 27.5 Å². The topological polar surface area (TPSA) is 18.5 Å². The molecule has 2 nitrogen and oxygen atoms in total. The Morgan fingerprint density at radius 1 is 1.44 bits per heavy atom. The molecule has 0 radical (unpaired) electrons. The maximum Gasteiger partial charge on any atom is 0.119 e. The summed E-state index contributed by atoms with van der Waals surface area (Å²) in [5, 5.41) is 0.716. The lowest BCUT2D eigenvalue weighted by Gasteiger charge is -2.25. The minimum Gasteiger partial charge on any atom is -0.497 e. The summed E-state index contributed by atoms with van der Waals surface area (Å²) >= 11 is 9.25. The van der Waals surface area contributed by atoms with Crippen molar-refractivity contribution < 1.29 is 9.47 Å². The summed E-state index contributed by atoms with van der Waals surface area (Å²) < 4.78 is 10.9. The number of halogens is 2. The molecule has 1 unspecified atom stereocenters. The Morgan fingerprint density at radius 3 is 2.75 bits per heavy atom. The quantitative estimate of drug-likeness (QED) is 0.748. The van der Waals surface area contributed by atoms with Gasteiger partial charge in [-0.25, -0.2) is 0 Å². The zero-order chi connectivity index (χ0) is 12.0. The van der Waals surface area contributed by atoms with E-state index in [0.29, 0.717) is 17.8 Å². The van der Waals surface area contributed by atoms with Gasteiger partial charge in [-0.15, -0.1) is 11.6 Å². The SMILES string of the molecule is COc1cccc(COC(C)(CCl)CBr)c1. The van der Waals surface area contributed by atoms with Crippen molar-refractivity contribution in [3.8, 4) is 5.75 Å². The molecule has 1 atom stereocenters. The fraction of sp³-hybridized carbons (Fsp3) is 0.500. The molecule has 0 saturated heterocycles. The Balaban J connectivity index is 2.60. The van der Waals surface area contributed by atoms with Gasteiger partial charge in [0.25, 0.3) is 0 Å². The van der Waals surface area contributed by atoms with Gasteiger partial charge in [-0.2, -0.15) is 0 Å². The molecule has 0 fully saturated rings. The number of hydrogen-bond donors (Lipinski definition) is 0. The second kappa shape index (κ2) is 6.48. The summed E-state index contributed by atoms with van der Waals surface area (Å²) in [6.07, 6.45) is 0. The lowest BCUT2D eigenvalue weighted by molar-refractivity contribution is -0.00773. The number of ether oxygens (including phenoxy) is 2. The van der Waals surface area contributed by atoms with Crippen LogP contribution in [0.15, 0.2) is 24.3 Å². The molecule has 16 heavy (non-hydrogen) atoms. The Kier molecular flexibility index (Phi) is 5.59. The second-order valence-electron chi connectivity index (χ2n) is 3.86. The van der Waals surface area contributed by atoms with Crippen molar-refractivity contribution in [3.05, 3.63) is 29.8 Å². The van der Waals surface area contributed by atoms with Gasteiger partial charge in [0, 0.05) is 5.33 Å². The van der Waals surface area contributed by atoms with Gasteiger partial charge in [0.15, 0.2) is 0 Å². The summed E-state index contributed by atoms with van der Waals surface area (Å²) in [7, 11) is 1.65. The van der Waals surface area contributed by atoms with E-state index in [1.54, 1.807) is 7.11 Å². The van der Waals surface area contributed by atoms with Crippen LogP contribution in [-0.4, -0.2) is 23.9 Å². The van der Waals surface area contributed by atoms with Gasteiger partial charge in [0.1, 0.15) is 5.75 Å². The lowest BCUT2D eigenvalue weighted by atomic mass is 10.1. The van der Waals surface area contributed by atoms with Gasteiger partial charge in [-0.1, -0.05) is 28.1 Å². The summed E-state index contributed by atoms with van der Waals surface area (Å²) in [5.74, 6) is 1.30. The normalized spacial score (nSPS) is 14.5. The third-order valence-corrected chi connectivity index (χ3v) is 4.04. The van der Waals surface area contributed by atoms with E-state index in [1.165, 1.54) is 0 Å². The number of methoxy groups -OCH3 is 1. The first-order chi connectivity index (χ1) is 7.63. The first-order valence-electron chi connectivity index (χ1n) is 5.02. The number of benzene rings is 1. The van der Waals surface area contributed by atoms with Crippen LogP contribution in [0.2, 0.25) is 0 Å². The molecule has 0 aliphatic carbocycles. The smallest absolute Gasteiger partial charge is 0.119 e. The third kappa shape index (κ3) is 3.96. The fourth-order valence-electron chi connectivity index (χ4n) is 1.13. The molecule has 90 valence electrons. The van der Waals surface area contributed by atoms with Crippen LogP contribution >= 0.6 is 27.5 Å². The van der Waals surface area contributed by atoms with Crippen molar-refractivity contribution in [2.75, 3.05) is 18.3 Å². The van der Waals surface area contributed by atoms with Crippen LogP contribution in [0.5, 0.6) is 5.75 Å². The maximum atomic E-state index is 5.85. The second-order valence-corrected chi connectivity index (χ2v) is 4.69. The number of hydrogen-bond acceptors (Lipinski definition) is 2. The van der Waals surface area contributed by atoms with Gasteiger partial charge >= 0.3 is 0 Å². The highest BCUT2D eigenvalue weighted by Gasteiger charge is 2.22. The minimum absolute atomic E-state index is 0.329. The average molecular weight is 308 g/mol. The molecule has 0 N–H and O–H groups in total. The molecule has 1 aromatic rings. The highest BCUT2D eigenvalue weighted by atomic mass is 79.9. The first kappa shape index (κ1) is 13.8. The van der Waals surface area contributed by atoms with Crippen LogP contribution in [0.25, 0.3) is 0 Å². The molecule has 0 amide bonds. The minimum atomic E-state index is -0.329. The third-order valence-electron chi connectivity index (χ3n) is 2.29. The monoisotopic (exact) mass is 306 g/mol. The number of alkyl halides is 2.